The molecule has 0 N–H and O–H groups in total. The highest BCUT2D eigenvalue weighted by atomic mass is 19.1. The van der Waals surface area contributed by atoms with Crippen molar-refractivity contribution in [3.05, 3.63) is 99.7 Å². The van der Waals surface area contributed by atoms with Crippen LogP contribution in [-0.2, 0) is 22.6 Å². The minimum Gasteiger partial charge on any atom is -0.467 e. The van der Waals surface area contributed by atoms with Gasteiger partial charge in [0.05, 0.1) is 30.9 Å². The summed E-state index contributed by atoms with van der Waals surface area (Å²) in [5, 5.41) is 11.3. The van der Waals surface area contributed by atoms with E-state index in [1.54, 1.807) is 29.2 Å². The maximum absolute atomic E-state index is 13.6. The van der Waals surface area contributed by atoms with E-state index in [9.17, 15) is 24.1 Å². The van der Waals surface area contributed by atoms with Gasteiger partial charge in [-0.3, -0.25) is 24.6 Å². The summed E-state index contributed by atoms with van der Waals surface area (Å²) in [5.41, 5.74) is 0.663. The molecular weight excluding hydrogens is 507 g/mol. The Hall–Kier alpha value is -4.09. The fourth-order valence-electron chi connectivity index (χ4n) is 4.39. The summed E-state index contributed by atoms with van der Waals surface area (Å²) < 4.78 is 24.3. The van der Waals surface area contributed by atoms with Crippen LogP contribution in [0.4, 0.5) is 10.1 Å². The zero-order chi connectivity index (χ0) is 27.6. The van der Waals surface area contributed by atoms with Crippen molar-refractivity contribution in [2.45, 2.75) is 19.5 Å². The van der Waals surface area contributed by atoms with Crippen molar-refractivity contribution in [1.82, 2.24) is 14.7 Å². The molecule has 10 nitrogen and oxygen atoms in total. The van der Waals surface area contributed by atoms with Gasteiger partial charge in [-0.05, 0) is 42.3 Å². The summed E-state index contributed by atoms with van der Waals surface area (Å²) in [4.78, 5) is 43.1. The number of rotatable bonds is 12. The van der Waals surface area contributed by atoms with Crippen molar-refractivity contribution < 1.29 is 28.1 Å². The van der Waals surface area contributed by atoms with Gasteiger partial charge in [-0.2, -0.15) is 0 Å². The predicted molar refractivity (Wildman–Crippen MR) is 140 cm³/mol. The molecule has 0 radical (unpaired) electrons. The van der Waals surface area contributed by atoms with Crippen LogP contribution in [-0.4, -0.2) is 77.4 Å². The standard InChI is InChI=1S/C28H31FN4O6/c29-24-9-7-22(8-10-24)19-32(20-26-6-2-15-39-26)27(34)21-31(12-3-11-30-13-16-38-17-14-30)28(35)23-4-1-5-25(18-23)33(36)37/h1-2,4-10,15,18H,3,11-14,16-17,19-21H2. The number of hydrogen-bond acceptors (Lipinski definition) is 7. The normalized spacial score (nSPS) is 13.7. The van der Waals surface area contributed by atoms with E-state index in [2.05, 4.69) is 4.90 Å². The maximum atomic E-state index is 13.6. The summed E-state index contributed by atoms with van der Waals surface area (Å²) in [7, 11) is 0. The molecular formula is C28H31FN4O6. The van der Waals surface area contributed by atoms with Gasteiger partial charge in [-0.15, -0.1) is 0 Å². The zero-order valence-corrected chi connectivity index (χ0v) is 21.5. The Morgan fingerprint density at radius 1 is 1.00 bits per heavy atom. The topological polar surface area (TPSA) is 109 Å². The second-order valence-electron chi connectivity index (χ2n) is 9.30. The maximum Gasteiger partial charge on any atom is 0.270 e. The number of non-ortho nitro benzene ring substituents is 1. The van der Waals surface area contributed by atoms with Crippen LogP contribution >= 0.6 is 0 Å². The van der Waals surface area contributed by atoms with Crippen molar-refractivity contribution in [3.63, 3.8) is 0 Å². The number of amides is 2. The highest BCUT2D eigenvalue weighted by Crippen LogP contribution is 2.17. The molecule has 3 aromatic rings. The van der Waals surface area contributed by atoms with Gasteiger partial charge in [-0.25, -0.2) is 4.39 Å². The molecule has 0 atom stereocenters. The lowest BCUT2D eigenvalue weighted by molar-refractivity contribution is -0.384. The molecule has 2 heterocycles. The highest BCUT2D eigenvalue weighted by Gasteiger charge is 2.25. The molecule has 1 aliphatic rings. The molecule has 206 valence electrons. The summed E-state index contributed by atoms with van der Waals surface area (Å²) >= 11 is 0. The van der Waals surface area contributed by atoms with Crippen LogP contribution in [0.1, 0.15) is 28.1 Å². The quantitative estimate of drug-likeness (QED) is 0.255. The van der Waals surface area contributed by atoms with E-state index in [1.165, 1.54) is 47.6 Å². The zero-order valence-electron chi connectivity index (χ0n) is 21.5. The van der Waals surface area contributed by atoms with Crippen LogP contribution in [0.3, 0.4) is 0 Å². The van der Waals surface area contributed by atoms with E-state index in [0.717, 1.165) is 25.2 Å². The molecule has 4 rings (SSSR count). The molecule has 2 amide bonds. The Morgan fingerprint density at radius 2 is 1.77 bits per heavy atom. The summed E-state index contributed by atoms with van der Waals surface area (Å²) in [5.74, 6) is -0.611. The molecule has 2 aromatic carbocycles. The molecule has 1 fully saturated rings. The number of furan rings is 1. The van der Waals surface area contributed by atoms with Crippen LogP contribution < -0.4 is 0 Å². The minimum atomic E-state index is -0.557. The first-order chi connectivity index (χ1) is 18.9. The van der Waals surface area contributed by atoms with Crippen molar-refractivity contribution in [2.75, 3.05) is 45.9 Å². The first-order valence-electron chi connectivity index (χ1n) is 12.8. The van der Waals surface area contributed by atoms with Gasteiger partial charge in [0.15, 0.2) is 0 Å². The average molecular weight is 539 g/mol. The minimum absolute atomic E-state index is 0.138. The van der Waals surface area contributed by atoms with Crippen LogP contribution in [0.5, 0.6) is 0 Å². The van der Waals surface area contributed by atoms with Gasteiger partial charge in [0.2, 0.25) is 5.91 Å². The third kappa shape index (κ3) is 8.20. The molecule has 0 aliphatic carbocycles. The molecule has 0 spiro atoms. The Bertz CT molecular complexity index is 1250. The van der Waals surface area contributed by atoms with Gasteiger partial charge >= 0.3 is 0 Å². The summed E-state index contributed by atoms with van der Waals surface area (Å²) in [6, 6.07) is 14.8. The Labute approximate surface area is 225 Å². The summed E-state index contributed by atoms with van der Waals surface area (Å²) in [6.07, 6.45) is 2.13. The van der Waals surface area contributed by atoms with E-state index in [0.29, 0.717) is 25.4 Å². The van der Waals surface area contributed by atoms with Crippen molar-refractivity contribution in [3.8, 4) is 0 Å². The highest BCUT2D eigenvalue weighted by molar-refractivity contribution is 5.97. The first-order valence-corrected chi connectivity index (χ1v) is 12.8. The fourth-order valence-corrected chi connectivity index (χ4v) is 4.39. The number of nitrogens with zero attached hydrogens (tertiary/aromatic N) is 4. The molecule has 1 aliphatic heterocycles. The average Bonchev–Trinajstić information content (AvgIpc) is 3.47. The van der Waals surface area contributed by atoms with E-state index in [-0.39, 0.29) is 49.2 Å². The van der Waals surface area contributed by atoms with E-state index < -0.39 is 10.8 Å². The monoisotopic (exact) mass is 538 g/mol. The molecule has 1 aromatic heterocycles. The van der Waals surface area contributed by atoms with Crippen LogP contribution in [0.25, 0.3) is 0 Å². The number of morpholine rings is 1. The third-order valence-electron chi connectivity index (χ3n) is 6.49. The lowest BCUT2D eigenvalue weighted by atomic mass is 10.1. The first kappa shape index (κ1) is 27.9. The van der Waals surface area contributed by atoms with Gasteiger partial charge in [0, 0.05) is 50.4 Å². The number of nitro benzene ring substituents is 1. The van der Waals surface area contributed by atoms with Gasteiger partial charge in [-0.1, -0.05) is 18.2 Å². The number of halogens is 1. The lowest BCUT2D eigenvalue weighted by Crippen LogP contribution is -2.44. The smallest absolute Gasteiger partial charge is 0.270 e. The number of hydrogen-bond donors (Lipinski definition) is 0. The van der Waals surface area contributed by atoms with E-state index in [4.69, 9.17) is 9.15 Å². The molecule has 0 bridgehead atoms. The van der Waals surface area contributed by atoms with Crippen LogP contribution in [0, 0.1) is 15.9 Å². The molecule has 0 unspecified atom stereocenters. The number of carbonyl (C=O) groups is 2. The second kappa shape index (κ2) is 13.6. The Kier molecular flexibility index (Phi) is 9.76. The molecule has 0 saturated carbocycles. The molecule has 1 saturated heterocycles. The largest absolute Gasteiger partial charge is 0.467 e. The number of ether oxygens (including phenoxy) is 1. The van der Waals surface area contributed by atoms with Crippen LogP contribution in [0.2, 0.25) is 0 Å². The predicted octanol–water partition coefficient (Wildman–Crippen LogP) is 3.72. The molecule has 39 heavy (non-hydrogen) atoms. The fraction of sp³-hybridized carbons (Fsp3) is 0.357. The summed E-state index contributed by atoms with van der Waals surface area (Å²) in [6.45, 7) is 4.03. The van der Waals surface area contributed by atoms with Crippen molar-refractivity contribution >= 4 is 17.5 Å². The Morgan fingerprint density at radius 3 is 2.46 bits per heavy atom. The van der Waals surface area contributed by atoms with Crippen molar-refractivity contribution in [1.29, 1.82) is 0 Å². The van der Waals surface area contributed by atoms with Gasteiger partial charge in [0.25, 0.3) is 11.6 Å². The second-order valence-corrected chi connectivity index (χ2v) is 9.30. The van der Waals surface area contributed by atoms with Crippen molar-refractivity contribution in [2.24, 2.45) is 0 Å². The SMILES string of the molecule is O=C(CN(CCCN1CCOCC1)C(=O)c1cccc([N+](=O)[O-])c1)N(Cc1ccc(F)cc1)Cc1ccco1. The molecule has 11 heteroatoms. The van der Waals surface area contributed by atoms with E-state index in [1.807, 2.05) is 0 Å². The Balaban J connectivity index is 1.52. The van der Waals surface area contributed by atoms with E-state index >= 15 is 0 Å². The number of carbonyl (C=O) groups excluding carboxylic acids is 2. The number of benzene rings is 2. The van der Waals surface area contributed by atoms with Crippen LogP contribution in [0.15, 0.2) is 71.3 Å². The van der Waals surface area contributed by atoms with Gasteiger partial charge in [0.1, 0.15) is 18.1 Å². The van der Waals surface area contributed by atoms with Gasteiger partial charge < -0.3 is 19.0 Å². The lowest BCUT2D eigenvalue weighted by Gasteiger charge is -2.30. The number of nitro groups is 1. The third-order valence-corrected chi connectivity index (χ3v) is 6.49.